The van der Waals surface area contributed by atoms with Gasteiger partial charge in [0.2, 0.25) is 0 Å². The van der Waals surface area contributed by atoms with Crippen molar-refractivity contribution < 1.29 is 9.90 Å². The maximum absolute atomic E-state index is 10.5. The first-order valence-electron chi connectivity index (χ1n) is 5.65. The van der Waals surface area contributed by atoms with Crippen LogP contribution in [-0.2, 0) is 11.3 Å². The van der Waals surface area contributed by atoms with Crippen LogP contribution in [0.3, 0.4) is 0 Å². The minimum absolute atomic E-state index is 0.288. The fourth-order valence-electron chi connectivity index (χ4n) is 1.29. The van der Waals surface area contributed by atoms with Crippen LogP contribution in [-0.4, -0.2) is 29.6 Å². The minimum Gasteiger partial charge on any atom is -0.480 e. The number of guanidine groups is 1. The van der Waals surface area contributed by atoms with Gasteiger partial charge in [0.05, 0.1) is 6.54 Å². The lowest BCUT2D eigenvalue weighted by molar-refractivity contribution is -0.138. The number of carboxylic acid groups (broad SMARTS) is 1. The van der Waals surface area contributed by atoms with Gasteiger partial charge in [-0.1, -0.05) is 30.3 Å². The van der Waals surface area contributed by atoms with Crippen molar-refractivity contribution in [2.45, 2.75) is 19.0 Å². The number of aliphatic carboxylic acids is 1. The first-order valence-corrected chi connectivity index (χ1v) is 5.65. The van der Waals surface area contributed by atoms with E-state index >= 15 is 0 Å². The fraction of sp³-hybridized carbons (Fsp3) is 0.333. The van der Waals surface area contributed by atoms with E-state index in [1.165, 1.54) is 0 Å². The number of nitrogens with zero attached hydrogens (tertiary/aromatic N) is 1. The number of carboxylic acids is 1. The van der Waals surface area contributed by atoms with Gasteiger partial charge in [-0.05, 0) is 12.0 Å². The van der Waals surface area contributed by atoms with Gasteiger partial charge >= 0.3 is 5.97 Å². The zero-order chi connectivity index (χ0) is 13.4. The van der Waals surface area contributed by atoms with Gasteiger partial charge in [-0.3, -0.25) is 4.79 Å². The lowest BCUT2D eigenvalue weighted by atomic mass is 10.2. The second-order valence-electron chi connectivity index (χ2n) is 3.85. The van der Waals surface area contributed by atoms with Gasteiger partial charge in [0.25, 0.3) is 0 Å². The van der Waals surface area contributed by atoms with E-state index in [-0.39, 0.29) is 5.96 Å². The molecular formula is C12H18N4O2. The molecule has 18 heavy (non-hydrogen) atoms. The van der Waals surface area contributed by atoms with Crippen LogP contribution in [0.2, 0.25) is 0 Å². The zero-order valence-corrected chi connectivity index (χ0v) is 10.0. The van der Waals surface area contributed by atoms with Crippen LogP contribution in [0.5, 0.6) is 0 Å². The van der Waals surface area contributed by atoms with E-state index in [2.05, 4.69) is 10.3 Å². The van der Waals surface area contributed by atoms with Gasteiger partial charge in [-0.15, -0.1) is 0 Å². The standard InChI is InChI=1S/C12H18N4O2/c13-10(11(17)18)6-7-15-12(14)16-8-9-4-2-1-3-5-9/h1-5,10H,6-8,13H2,(H,17,18)(H3,14,15,16)/t10-/m0/s1. The summed E-state index contributed by atoms with van der Waals surface area (Å²) in [6, 6.07) is 8.83. The Labute approximate surface area is 106 Å². The van der Waals surface area contributed by atoms with E-state index < -0.39 is 12.0 Å². The highest BCUT2D eigenvalue weighted by molar-refractivity contribution is 5.78. The Hall–Kier alpha value is -2.08. The average molecular weight is 250 g/mol. The summed E-state index contributed by atoms with van der Waals surface area (Å²) in [7, 11) is 0. The van der Waals surface area contributed by atoms with Crippen LogP contribution in [0.25, 0.3) is 0 Å². The topological polar surface area (TPSA) is 114 Å². The molecule has 6 nitrogen and oxygen atoms in total. The predicted octanol–water partition coefficient (Wildman–Crippen LogP) is -0.107. The molecule has 1 atom stereocenters. The van der Waals surface area contributed by atoms with E-state index in [0.29, 0.717) is 19.5 Å². The molecule has 0 bridgehead atoms. The van der Waals surface area contributed by atoms with Crippen LogP contribution in [0.1, 0.15) is 12.0 Å². The molecule has 0 aromatic heterocycles. The number of hydrogen-bond acceptors (Lipinski definition) is 3. The zero-order valence-electron chi connectivity index (χ0n) is 10.0. The number of benzene rings is 1. The molecule has 98 valence electrons. The van der Waals surface area contributed by atoms with Crippen molar-refractivity contribution in [1.82, 2.24) is 5.32 Å². The molecule has 0 saturated heterocycles. The molecule has 0 saturated carbocycles. The van der Waals surface area contributed by atoms with E-state index in [0.717, 1.165) is 5.56 Å². The van der Waals surface area contributed by atoms with Crippen LogP contribution in [0.15, 0.2) is 35.3 Å². The molecule has 0 aliphatic rings. The van der Waals surface area contributed by atoms with Crippen molar-refractivity contribution in [2.75, 3.05) is 6.54 Å². The van der Waals surface area contributed by atoms with Gasteiger partial charge in [0, 0.05) is 6.54 Å². The highest BCUT2D eigenvalue weighted by Gasteiger charge is 2.10. The summed E-state index contributed by atoms with van der Waals surface area (Å²) in [6.45, 7) is 0.877. The average Bonchev–Trinajstić information content (AvgIpc) is 2.37. The summed E-state index contributed by atoms with van der Waals surface area (Å²) >= 11 is 0. The first kappa shape index (κ1) is 14.0. The molecule has 0 aliphatic carbocycles. The van der Waals surface area contributed by atoms with Gasteiger partial charge < -0.3 is 21.9 Å². The SMILES string of the molecule is NC(=NCc1ccccc1)NCC[C@H](N)C(=O)O. The summed E-state index contributed by atoms with van der Waals surface area (Å²) in [6.07, 6.45) is 0.302. The second kappa shape index (κ2) is 7.29. The molecule has 0 unspecified atom stereocenters. The molecule has 1 rings (SSSR count). The molecule has 0 amide bonds. The summed E-state index contributed by atoms with van der Waals surface area (Å²) in [5.41, 5.74) is 12.0. The maximum Gasteiger partial charge on any atom is 0.320 e. The maximum atomic E-state index is 10.5. The lowest BCUT2D eigenvalue weighted by Crippen LogP contribution is -2.38. The highest BCUT2D eigenvalue weighted by Crippen LogP contribution is 1.99. The number of hydrogen-bond donors (Lipinski definition) is 4. The molecule has 0 aliphatic heterocycles. The third-order valence-electron chi connectivity index (χ3n) is 2.35. The molecule has 6 N–H and O–H groups in total. The summed E-state index contributed by atoms with van der Waals surface area (Å²) in [4.78, 5) is 14.6. The fourth-order valence-corrected chi connectivity index (χ4v) is 1.29. The van der Waals surface area contributed by atoms with Gasteiger partial charge in [0.1, 0.15) is 6.04 Å². The van der Waals surface area contributed by atoms with Crippen LogP contribution in [0.4, 0.5) is 0 Å². The molecule has 6 heteroatoms. The smallest absolute Gasteiger partial charge is 0.320 e. The first-order chi connectivity index (χ1) is 8.59. The number of aliphatic imine (C=N–C) groups is 1. The second-order valence-corrected chi connectivity index (χ2v) is 3.85. The van der Waals surface area contributed by atoms with Crippen molar-refractivity contribution in [3.05, 3.63) is 35.9 Å². The third-order valence-corrected chi connectivity index (χ3v) is 2.35. The number of nitrogens with two attached hydrogens (primary N) is 2. The largest absolute Gasteiger partial charge is 0.480 e. The monoisotopic (exact) mass is 250 g/mol. The Kier molecular flexibility index (Phi) is 5.66. The van der Waals surface area contributed by atoms with E-state index in [4.69, 9.17) is 16.6 Å². The van der Waals surface area contributed by atoms with E-state index in [9.17, 15) is 4.79 Å². The number of nitrogens with one attached hydrogen (secondary N) is 1. The van der Waals surface area contributed by atoms with Crippen molar-refractivity contribution in [3.8, 4) is 0 Å². The summed E-state index contributed by atoms with van der Waals surface area (Å²) in [5, 5.41) is 11.4. The Morgan fingerprint density at radius 3 is 2.67 bits per heavy atom. The Balaban J connectivity index is 2.28. The Bertz CT molecular complexity index is 406. The van der Waals surface area contributed by atoms with Crippen LogP contribution >= 0.6 is 0 Å². The minimum atomic E-state index is -1.02. The van der Waals surface area contributed by atoms with Crippen molar-refractivity contribution in [1.29, 1.82) is 0 Å². The third kappa shape index (κ3) is 5.31. The number of rotatable bonds is 6. The van der Waals surface area contributed by atoms with E-state index in [1.807, 2.05) is 30.3 Å². The normalized spacial score (nSPS) is 13.1. The van der Waals surface area contributed by atoms with Gasteiger partial charge in [-0.2, -0.15) is 0 Å². The number of carbonyl (C=O) groups is 1. The lowest BCUT2D eigenvalue weighted by Gasteiger charge is -2.08. The predicted molar refractivity (Wildman–Crippen MR) is 70.0 cm³/mol. The van der Waals surface area contributed by atoms with Gasteiger partial charge in [-0.25, -0.2) is 4.99 Å². The highest BCUT2D eigenvalue weighted by atomic mass is 16.4. The quantitative estimate of drug-likeness (QED) is 0.415. The molecule has 1 aromatic carbocycles. The van der Waals surface area contributed by atoms with E-state index in [1.54, 1.807) is 0 Å². The van der Waals surface area contributed by atoms with Gasteiger partial charge in [0.15, 0.2) is 5.96 Å². The van der Waals surface area contributed by atoms with Crippen molar-refractivity contribution >= 4 is 11.9 Å². The Morgan fingerprint density at radius 1 is 1.39 bits per heavy atom. The van der Waals surface area contributed by atoms with Crippen molar-refractivity contribution in [3.63, 3.8) is 0 Å². The van der Waals surface area contributed by atoms with Crippen LogP contribution < -0.4 is 16.8 Å². The molecular weight excluding hydrogens is 232 g/mol. The van der Waals surface area contributed by atoms with Crippen molar-refractivity contribution in [2.24, 2.45) is 16.5 Å². The summed E-state index contributed by atoms with van der Waals surface area (Å²) < 4.78 is 0. The molecule has 0 radical (unpaired) electrons. The Morgan fingerprint density at radius 2 is 2.06 bits per heavy atom. The molecule has 0 fully saturated rings. The molecule has 0 heterocycles. The summed E-state index contributed by atoms with van der Waals surface area (Å²) in [5.74, 6) is -0.729. The molecule has 0 spiro atoms. The molecule has 1 aromatic rings. The van der Waals surface area contributed by atoms with Crippen LogP contribution in [0, 0.1) is 0 Å².